The molecule has 15 nitrogen and oxygen atoms in total. The minimum atomic E-state index is -1.16. The number of morpholine rings is 1. The van der Waals surface area contributed by atoms with E-state index in [-0.39, 0.29) is 18.1 Å². The van der Waals surface area contributed by atoms with Crippen LogP contribution in [0.4, 0.5) is 5.95 Å². The average molecular weight is 734 g/mol. The zero-order chi connectivity index (χ0) is 37.9. The number of carbonyl (C=O) groups excluding carboxylic acids is 2. The molecule has 7 rings (SSSR count). The number of imidazole rings is 2. The van der Waals surface area contributed by atoms with Crippen LogP contribution in [0.5, 0.6) is 0 Å². The van der Waals surface area contributed by atoms with Gasteiger partial charge in [0, 0.05) is 45.8 Å². The third kappa shape index (κ3) is 7.61. The second-order valence-corrected chi connectivity index (χ2v) is 13.5. The molecule has 6 aromatic rings. The highest BCUT2D eigenvalue weighted by atomic mass is 16.5. The molecule has 5 heterocycles. The molecule has 4 N–H and O–H groups in total. The summed E-state index contributed by atoms with van der Waals surface area (Å²) in [6, 6.07) is 15.1. The third-order valence-corrected chi connectivity index (χ3v) is 9.76. The van der Waals surface area contributed by atoms with E-state index >= 15 is 0 Å². The maximum Gasteiger partial charge on any atom is 0.276 e. The van der Waals surface area contributed by atoms with Crippen molar-refractivity contribution in [2.45, 2.75) is 73.1 Å². The molecule has 1 atom stereocenters. The molecule has 1 aliphatic heterocycles. The number of amides is 1. The van der Waals surface area contributed by atoms with Gasteiger partial charge in [0.25, 0.3) is 5.91 Å². The molecule has 0 aliphatic carbocycles. The first-order valence-corrected chi connectivity index (χ1v) is 18.4. The van der Waals surface area contributed by atoms with E-state index in [1.165, 1.54) is 0 Å². The van der Waals surface area contributed by atoms with Crippen molar-refractivity contribution in [3.05, 3.63) is 100 Å². The molecule has 54 heavy (non-hydrogen) atoms. The van der Waals surface area contributed by atoms with Crippen molar-refractivity contribution in [3.63, 3.8) is 0 Å². The van der Waals surface area contributed by atoms with Crippen molar-refractivity contribution in [1.29, 1.82) is 0 Å². The Morgan fingerprint density at radius 1 is 0.907 bits per heavy atom. The van der Waals surface area contributed by atoms with Gasteiger partial charge >= 0.3 is 0 Å². The van der Waals surface area contributed by atoms with Crippen LogP contribution in [0.25, 0.3) is 22.1 Å². The number of hydrogen-bond acceptors (Lipinski definition) is 10. The molecule has 282 valence electrons. The topological polar surface area (TPSA) is 176 Å². The highest BCUT2D eigenvalue weighted by molar-refractivity contribution is 6.03. The Balaban J connectivity index is 1.20. The lowest BCUT2D eigenvalue weighted by Crippen LogP contribution is -2.35. The van der Waals surface area contributed by atoms with Crippen molar-refractivity contribution in [1.82, 2.24) is 43.6 Å². The number of Topliss-reactive ketones (excluding diaryl/α,β-unsaturated/α-hetero) is 1. The summed E-state index contributed by atoms with van der Waals surface area (Å²) in [6.45, 7) is 13.5. The van der Waals surface area contributed by atoms with Gasteiger partial charge in [0.05, 0.1) is 53.1 Å². The number of aromatic nitrogens is 8. The van der Waals surface area contributed by atoms with Crippen LogP contribution in [0, 0.1) is 13.8 Å². The van der Waals surface area contributed by atoms with Gasteiger partial charge < -0.3 is 24.7 Å². The maximum atomic E-state index is 13.8. The third-order valence-electron chi connectivity index (χ3n) is 9.76. The first-order chi connectivity index (χ1) is 26.1. The van der Waals surface area contributed by atoms with Gasteiger partial charge in [0.1, 0.15) is 23.4 Å². The fourth-order valence-corrected chi connectivity index (χ4v) is 7.07. The van der Waals surface area contributed by atoms with E-state index in [0.717, 1.165) is 53.1 Å². The average Bonchev–Trinajstić information content (AvgIpc) is 3.93. The number of benzene rings is 2. The molecule has 1 unspecified atom stereocenters. The molecule has 1 saturated heterocycles. The summed E-state index contributed by atoms with van der Waals surface area (Å²) in [7, 11) is 0. The van der Waals surface area contributed by atoms with Gasteiger partial charge in [-0.2, -0.15) is 10.2 Å². The SMILES string of the molecule is CCn1nc(C)cc1C(=O)Cc1nc2c(CN3CCOCC3)cccc2n1C/C=C/Cn1c(NC(=O)c2cc(C)nn2CC)nc2cc(C(N)O)ccc21. The van der Waals surface area contributed by atoms with E-state index in [1.807, 2.05) is 62.6 Å². The quantitative estimate of drug-likeness (QED) is 0.0838. The largest absolute Gasteiger partial charge is 0.379 e. The normalized spacial score (nSPS) is 14.5. The van der Waals surface area contributed by atoms with Gasteiger partial charge in [0.15, 0.2) is 5.78 Å². The van der Waals surface area contributed by atoms with Crippen molar-refractivity contribution < 1.29 is 19.4 Å². The maximum absolute atomic E-state index is 13.8. The summed E-state index contributed by atoms with van der Waals surface area (Å²) in [5.41, 5.74) is 13.1. The van der Waals surface area contributed by atoms with Crippen LogP contribution in [-0.2, 0) is 43.9 Å². The van der Waals surface area contributed by atoms with Crippen LogP contribution in [0.3, 0.4) is 0 Å². The Morgan fingerprint density at radius 3 is 2.30 bits per heavy atom. The molecule has 2 aromatic carbocycles. The zero-order valence-corrected chi connectivity index (χ0v) is 31.2. The number of aryl methyl sites for hydroxylation is 4. The number of aliphatic hydroxyl groups excluding tert-OH is 1. The lowest BCUT2D eigenvalue weighted by molar-refractivity contribution is 0.0343. The van der Waals surface area contributed by atoms with Crippen LogP contribution in [0.15, 0.2) is 60.7 Å². The summed E-state index contributed by atoms with van der Waals surface area (Å²) in [6.07, 6.45) is 3.00. The number of hydrogen-bond donors (Lipinski definition) is 3. The number of ketones is 1. The molecule has 1 fully saturated rings. The van der Waals surface area contributed by atoms with Crippen LogP contribution in [0.2, 0.25) is 0 Å². The number of nitrogens with one attached hydrogen (secondary N) is 1. The molecule has 15 heteroatoms. The number of para-hydroxylation sites is 1. The van der Waals surface area contributed by atoms with Crippen LogP contribution < -0.4 is 11.1 Å². The fourth-order valence-electron chi connectivity index (χ4n) is 7.07. The molecular formula is C39H47N11O4. The predicted molar refractivity (Wildman–Crippen MR) is 205 cm³/mol. The molecule has 1 aliphatic rings. The smallest absolute Gasteiger partial charge is 0.276 e. The number of aliphatic hydroxyl groups is 1. The highest BCUT2D eigenvalue weighted by Crippen LogP contribution is 2.26. The predicted octanol–water partition coefficient (Wildman–Crippen LogP) is 4.15. The summed E-state index contributed by atoms with van der Waals surface area (Å²) in [5, 5.41) is 21.9. The first-order valence-electron chi connectivity index (χ1n) is 18.4. The number of carbonyl (C=O) groups is 2. The van der Waals surface area contributed by atoms with Gasteiger partial charge in [-0.15, -0.1) is 0 Å². The van der Waals surface area contributed by atoms with Crippen LogP contribution >= 0.6 is 0 Å². The summed E-state index contributed by atoms with van der Waals surface area (Å²) >= 11 is 0. The molecule has 1 amide bonds. The second-order valence-electron chi connectivity index (χ2n) is 13.5. The van der Waals surface area contributed by atoms with Gasteiger partial charge in [-0.3, -0.25) is 29.2 Å². The number of fused-ring (bicyclic) bond motifs is 2. The Labute approximate surface area is 313 Å². The molecule has 4 aromatic heterocycles. The van der Waals surface area contributed by atoms with Crippen molar-refractivity contribution in [2.24, 2.45) is 5.73 Å². The van der Waals surface area contributed by atoms with E-state index in [9.17, 15) is 14.7 Å². The van der Waals surface area contributed by atoms with E-state index in [2.05, 4.69) is 37.1 Å². The minimum Gasteiger partial charge on any atom is -0.379 e. The second kappa shape index (κ2) is 15.9. The molecular weight excluding hydrogens is 687 g/mol. The zero-order valence-electron chi connectivity index (χ0n) is 31.2. The number of allylic oxidation sites excluding steroid dienone is 2. The molecule has 0 radical (unpaired) electrons. The van der Waals surface area contributed by atoms with E-state index in [4.69, 9.17) is 20.4 Å². The van der Waals surface area contributed by atoms with Gasteiger partial charge in [-0.05, 0) is 69.2 Å². The summed E-state index contributed by atoms with van der Waals surface area (Å²) in [4.78, 5) is 39.5. The van der Waals surface area contributed by atoms with E-state index in [0.29, 0.717) is 73.6 Å². The Morgan fingerprint density at radius 2 is 1.59 bits per heavy atom. The fraction of sp³-hybridized carbons (Fsp3) is 0.385. The number of anilines is 1. The highest BCUT2D eigenvalue weighted by Gasteiger charge is 2.22. The molecule has 0 spiro atoms. The van der Waals surface area contributed by atoms with Gasteiger partial charge in [-0.1, -0.05) is 30.4 Å². The van der Waals surface area contributed by atoms with Crippen LogP contribution in [0.1, 0.15) is 69.4 Å². The Hall–Kier alpha value is -5.48. The lowest BCUT2D eigenvalue weighted by Gasteiger charge is -2.26. The van der Waals surface area contributed by atoms with Crippen molar-refractivity contribution in [2.75, 3.05) is 31.6 Å². The summed E-state index contributed by atoms with van der Waals surface area (Å²) < 4.78 is 13.0. The lowest BCUT2D eigenvalue weighted by atomic mass is 10.1. The molecule has 0 bridgehead atoms. The van der Waals surface area contributed by atoms with Gasteiger partial charge in [0.2, 0.25) is 5.95 Å². The molecule has 0 saturated carbocycles. The minimum absolute atomic E-state index is 0.0421. The number of nitrogens with zero attached hydrogens (tertiary/aromatic N) is 9. The Kier molecular flexibility index (Phi) is 10.8. The van der Waals surface area contributed by atoms with Crippen molar-refractivity contribution >= 4 is 39.7 Å². The first kappa shape index (κ1) is 36.9. The van der Waals surface area contributed by atoms with Gasteiger partial charge in [-0.25, -0.2) is 9.97 Å². The summed E-state index contributed by atoms with van der Waals surface area (Å²) in [5.74, 6) is 0.649. The van der Waals surface area contributed by atoms with E-state index in [1.54, 1.807) is 27.6 Å². The van der Waals surface area contributed by atoms with Crippen LogP contribution in [-0.4, -0.2) is 86.7 Å². The number of rotatable bonds is 14. The monoisotopic (exact) mass is 733 g/mol. The van der Waals surface area contributed by atoms with E-state index < -0.39 is 6.23 Å². The van der Waals surface area contributed by atoms with Crippen molar-refractivity contribution in [3.8, 4) is 0 Å². The number of ether oxygens (including phenoxy) is 1. The number of nitrogens with two attached hydrogens (primary N) is 1. The standard InChI is InChI=1S/C39H47N11O4/c1-5-49-32(20-25(3)44-49)34(51)23-35-42-36-28(24-46-16-18-54-19-17-46)10-9-11-31(36)47(35)14-7-8-15-48-30-13-12-27(37(40)52)22-29(30)41-39(48)43-38(53)33-21-26(4)45-50(33)6-2/h7-13,20-22,37,52H,5-6,14-19,23-24,40H2,1-4H3,(H,41,43,53)/b8-7+. The Bertz CT molecular complexity index is 2340.